The number of amides is 1. The lowest BCUT2D eigenvalue weighted by Gasteiger charge is -2.08. The van der Waals surface area contributed by atoms with Crippen molar-refractivity contribution in [2.45, 2.75) is 0 Å². The van der Waals surface area contributed by atoms with Gasteiger partial charge < -0.3 is 15.9 Å². The quantitative estimate of drug-likeness (QED) is 0.329. The largest absolute Gasteiger partial charge is 0.507 e. The number of rotatable bonds is 1. The molecule has 0 aromatic heterocycles. The van der Waals surface area contributed by atoms with Gasteiger partial charge in [-0.2, -0.15) is 0 Å². The Morgan fingerprint density at radius 3 is 2.27 bits per heavy atom. The van der Waals surface area contributed by atoms with E-state index < -0.39 is 5.91 Å². The van der Waals surface area contributed by atoms with Gasteiger partial charge >= 0.3 is 0 Å². The summed E-state index contributed by atoms with van der Waals surface area (Å²) in [6, 6.07) is 3.95. The number of carbonyl (C=O) groups is 1. The third-order valence-corrected chi connectivity index (χ3v) is 1.65. The van der Waals surface area contributed by atoms with Crippen LogP contribution in [0.3, 0.4) is 0 Å². The number of nitrogens with one attached hydrogen (secondary N) is 2. The lowest BCUT2D eigenvalue weighted by molar-refractivity contribution is 0.0938. The van der Waals surface area contributed by atoms with Crippen molar-refractivity contribution in [1.82, 2.24) is 10.9 Å². The zero-order valence-electron chi connectivity index (χ0n) is 7.52. The summed E-state index contributed by atoms with van der Waals surface area (Å²) in [5, 5.41) is 18.5. The molecule has 6 nitrogen and oxygen atoms in total. The fourth-order valence-corrected chi connectivity index (χ4v) is 0.993. The van der Waals surface area contributed by atoms with Crippen LogP contribution in [-0.2, 0) is 0 Å². The highest BCUT2D eigenvalue weighted by Gasteiger charge is 2.15. The number of phenolic OH excluding ortho intramolecular Hbond substituents is 2. The van der Waals surface area contributed by atoms with Crippen molar-refractivity contribution >= 4 is 23.2 Å². The molecule has 0 aliphatic rings. The molecule has 6 N–H and O–H groups in total. The van der Waals surface area contributed by atoms with Crippen molar-refractivity contribution in [1.29, 1.82) is 0 Å². The fourth-order valence-electron chi connectivity index (χ4n) is 0.942. The molecule has 1 aromatic carbocycles. The van der Waals surface area contributed by atoms with E-state index in [4.69, 9.17) is 5.73 Å². The first-order valence-corrected chi connectivity index (χ1v) is 4.30. The molecule has 1 rings (SSSR count). The van der Waals surface area contributed by atoms with E-state index in [0.29, 0.717) is 0 Å². The summed E-state index contributed by atoms with van der Waals surface area (Å²) in [6.45, 7) is 0. The van der Waals surface area contributed by atoms with Gasteiger partial charge in [0.25, 0.3) is 5.91 Å². The van der Waals surface area contributed by atoms with Crippen LogP contribution >= 0.6 is 12.2 Å². The topological polar surface area (TPSA) is 108 Å². The van der Waals surface area contributed by atoms with Gasteiger partial charge in [0, 0.05) is 0 Å². The number of phenols is 2. The Balaban J connectivity index is 2.86. The van der Waals surface area contributed by atoms with Crippen LogP contribution in [0.4, 0.5) is 0 Å². The molecule has 0 saturated heterocycles. The Morgan fingerprint density at radius 2 is 1.80 bits per heavy atom. The third kappa shape index (κ3) is 2.71. The lowest BCUT2D eigenvalue weighted by Crippen LogP contribution is -2.44. The Bertz CT molecular complexity index is 388. The first kappa shape index (κ1) is 11.1. The minimum Gasteiger partial charge on any atom is -0.507 e. The molecule has 80 valence electrons. The molecule has 0 radical (unpaired) electrons. The second kappa shape index (κ2) is 4.47. The van der Waals surface area contributed by atoms with Crippen LogP contribution in [-0.4, -0.2) is 21.2 Å². The van der Waals surface area contributed by atoms with Gasteiger partial charge in [0.1, 0.15) is 17.1 Å². The number of carbonyl (C=O) groups excluding carboxylic acids is 1. The number of aromatic hydroxyl groups is 2. The predicted octanol–water partition coefficient (Wildman–Crippen LogP) is -0.424. The maximum Gasteiger partial charge on any atom is 0.277 e. The van der Waals surface area contributed by atoms with E-state index in [1.165, 1.54) is 18.2 Å². The highest BCUT2D eigenvalue weighted by molar-refractivity contribution is 7.80. The van der Waals surface area contributed by atoms with Crippen LogP contribution < -0.4 is 16.6 Å². The van der Waals surface area contributed by atoms with Crippen LogP contribution in [0.15, 0.2) is 18.2 Å². The molecule has 0 bridgehead atoms. The highest BCUT2D eigenvalue weighted by atomic mass is 32.1. The van der Waals surface area contributed by atoms with Crippen molar-refractivity contribution in [2.75, 3.05) is 0 Å². The predicted molar refractivity (Wildman–Crippen MR) is 57.2 cm³/mol. The summed E-state index contributed by atoms with van der Waals surface area (Å²) in [6.07, 6.45) is 0. The molecule has 0 aliphatic carbocycles. The minimum atomic E-state index is -0.738. The number of hydrogen-bond donors (Lipinski definition) is 5. The molecular formula is C8H9N3O3S. The second-order valence-corrected chi connectivity index (χ2v) is 3.05. The number of nitrogens with two attached hydrogens (primary N) is 1. The number of hydrazine groups is 1. The van der Waals surface area contributed by atoms with E-state index >= 15 is 0 Å². The van der Waals surface area contributed by atoms with E-state index in [2.05, 4.69) is 23.1 Å². The zero-order chi connectivity index (χ0) is 11.4. The maximum absolute atomic E-state index is 11.4. The monoisotopic (exact) mass is 227 g/mol. The molecule has 0 fully saturated rings. The number of benzene rings is 1. The van der Waals surface area contributed by atoms with Crippen molar-refractivity contribution < 1.29 is 15.0 Å². The SMILES string of the molecule is NC(=S)NNC(=O)c1c(O)cccc1O. The molecule has 1 aromatic rings. The standard InChI is InChI=1S/C8H9N3O3S/c9-8(15)11-10-7(14)6-4(12)2-1-3-5(6)13/h1-3,12-13H,(H,10,14)(H3,9,11,15). The average Bonchev–Trinajstić information content (AvgIpc) is 2.14. The molecule has 0 aliphatic heterocycles. The van der Waals surface area contributed by atoms with Gasteiger partial charge in [0.2, 0.25) is 0 Å². The van der Waals surface area contributed by atoms with Gasteiger partial charge in [0.15, 0.2) is 5.11 Å². The average molecular weight is 227 g/mol. The highest BCUT2D eigenvalue weighted by Crippen LogP contribution is 2.25. The molecule has 0 atom stereocenters. The Kier molecular flexibility index (Phi) is 3.29. The summed E-state index contributed by atoms with van der Waals surface area (Å²) in [4.78, 5) is 11.4. The molecule has 7 heteroatoms. The molecule has 0 heterocycles. The normalized spacial score (nSPS) is 9.33. The van der Waals surface area contributed by atoms with E-state index in [1.807, 2.05) is 0 Å². The summed E-state index contributed by atoms with van der Waals surface area (Å²) in [7, 11) is 0. The Hall–Kier alpha value is -2.02. The molecular weight excluding hydrogens is 218 g/mol. The summed E-state index contributed by atoms with van der Waals surface area (Å²) >= 11 is 4.46. The van der Waals surface area contributed by atoms with Crippen LogP contribution in [0, 0.1) is 0 Å². The summed E-state index contributed by atoms with van der Waals surface area (Å²) in [5.41, 5.74) is 9.12. The van der Waals surface area contributed by atoms with Gasteiger partial charge in [-0.25, -0.2) is 0 Å². The minimum absolute atomic E-state index is 0.127. The smallest absolute Gasteiger partial charge is 0.277 e. The van der Waals surface area contributed by atoms with Crippen molar-refractivity contribution in [3.8, 4) is 11.5 Å². The third-order valence-electron chi connectivity index (χ3n) is 1.55. The van der Waals surface area contributed by atoms with Crippen molar-refractivity contribution in [2.24, 2.45) is 5.73 Å². The number of hydrogen-bond acceptors (Lipinski definition) is 4. The van der Waals surface area contributed by atoms with Crippen LogP contribution in [0.25, 0.3) is 0 Å². The lowest BCUT2D eigenvalue weighted by atomic mass is 10.1. The van der Waals surface area contributed by atoms with Gasteiger partial charge in [-0.3, -0.25) is 15.6 Å². The van der Waals surface area contributed by atoms with Crippen LogP contribution in [0.5, 0.6) is 11.5 Å². The second-order valence-electron chi connectivity index (χ2n) is 2.61. The molecule has 0 saturated carbocycles. The van der Waals surface area contributed by atoms with E-state index in [0.717, 1.165) is 0 Å². The number of thiocarbonyl (C=S) groups is 1. The maximum atomic E-state index is 11.4. The van der Waals surface area contributed by atoms with Crippen LogP contribution in [0.2, 0.25) is 0 Å². The summed E-state index contributed by atoms with van der Waals surface area (Å²) < 4.78 is 0. The van der Waals surface area contributed by atoms with Crippen LogP contribution in [0.1, 0.15) is 10.4 Å². The molecule has 0 unspecified atom stereocenters. The van der Waals surface area contributed by atoms with E-state index in [1.54, 1.807) is 0 Å². The van der Waals surface area contributed by atoms with E-state index in [9.17, 15) is 15.0 Å². The Labute approximate surface area is 90.7 Å². The molecule has 0 spiro atoms. The fraction of sp³-hybridized carbons (Fsp3) is 0. The van der Waals surface area contributed by atoms with E-state index in [-0.39, 0.29) is 22.2 Å². The van der Waals surface area contributed by atoms with Gasteiger partial charge in [-0.1, -0.05) is 6.07 Å². The zero-order valence-corrected chi connectivity index (χ0v) is 8.34. The molecule has 15 heavy (non-hydrogen) atoms. The van der Waals surface area contributed by atoms with Crippen molar-refractivity contribution in [3.05, 3.63) is 23.8 Å². The first-order chi connectivity index (χ1) is 7.02. The summed E-state index contributed by atoms with van der Waals surface area (Å²) in [5.74, 6) is -1.41. The molecule has 1 amide bonds. The first-order valence-electron chi connectivity index (χ1n) is 3.89. The Morgan fingerprint density at radius 1 is 1.27 bits per heavy atom. The van der Waals surface area contributed by atoms with Gasteiger partial charge in [0.05, 0.1) is 0 Å². The van der Waals surface area contributed by atoms with Crippen molar-refractivity contribution in [3.63, 3.8) is 0 Å². The van der Waals surface area contributed by atoms with Gasteiger partial charge in [-0.15, -0.1) is 0 Å². The van der Waals surface area contributed by atoms with Gasteiger partial charge in [-0.05, 0) is 24.4 Å².